The first kappa shape index (κ1) is 15.9. The van der Waals surface area contributed by atoms with Crippen molar-refractivity contribution in [1.29, 1.82) is 0 Å². The first-order valence-corrected chi connectivity index (χ1v) is 7.31. The number of amides is 1. The van der Waals surface area contributed by atoms with Crippen molar-refractivity contribution in [2.75, 3.05) is 6.54 Å². The summed E-state index contributed by atoms with van der Waals surface area (Å²) in [6.45, 7) is 1.73. The van der Waals surface area contributed by atoms with Crippen LogP contribution in [0.25, 0.3) is 11.1 Å². The number of benzene rings is 2. The second kappa shape index (κ2) is 6.67. The summed E-state index contributed by atoms with van der Waals surface area (Å²) in [5.74, 6) is -0.396. The van der Waals surface area contributed by atoms with Crippen LogP contribution in [-0.2, 0) is 0 Å². The molecule has 0 bridgehead atoms. The summed E-state index contributed by atoms with van der Waals surface area (Å²) in [7, 11) is 0. The maximum atomic E-state index is 13.2. The van der Waals surface area contributed by atoms with Gasteiger partial charge in [-0.15, -0.1) is 0 Å². The molecule has 1 heterocycles. The second-order valence-electron chi connectivity index (χ2n) is 5.28. The van der Waals surface area contributed by atoms with E-state index in [0.717, 1.165) is 0 Å². The highest BCUT2D eigenvalue weighted by atomic mass is 19.1. The Balaban J connectivity index is 1.77. The number of aliphatic hydroxyl groups excluding tert-OH is 1. The van der Waals surface area contributed by atoms with Crippen LogP contribution >= 0.6 is 0 Å². The van der Waals surface area contributed by atoms with E-state index in [1.807, 2.05) is 0 Å². The number of hydrogen-bond donors (Lipinski definition) is 2. The molecule has 1 atom stereocenters. The lowest BCUT2D eigenvalue weighted by molar-refractivity contribution is 0.0923. The molecule has 6 nitrogen and oxygen atoms in total. The smallest absolute Gasteiger partial charge is 0.400 e. The summed E-state index contributed by atoms with van der Waals surface area (Å²) < 4.78 is 24.0. The topological polar surface area (TPSA) is 84.6 Å². The molecule has 3 rings (SSSR count). The quantitative estimate of drug-likeness (QED) is 0.751. The van der Waals surface area contributed by atoms with Crippen molar-refractivity contribution in [3.05, 3.63) is 53.8 Å². The summed E-state index contributed by atoms with van der Waals surface area (Å²) in [5, 5.41) is 11.8. The first-order valence-electron chi connectivity index (χ1n) is 7.31. The van der Waals surface area contributed by atoms with Crippen LogP contribution in [0.5, 0.6) is 11.8 Å². The molecule has 1 amide bonds. The molecule has 2 aromatic carbocycles. The van der Waals surface area contributed by atoms with E-state index >= 15 is 0 Å². The molecule has 1 unspecified atom stereocenters. The molecule has 7 heteroatoms. The van der Waals surface area contributed by atoms with Gasteiger partial charge in [0.15, 0.2) is 5.58 Å². The van der Waals surface area contributed by atoms with Gasteiger partial charge in [0.25, 0.3) is 5.91 Å². The zero-order valence-corrected chi connectivity index (χ0v) is 12.8. The van der Waals surface area contributed by atoms with Crippen molar-refractivity contribution >= 4 is 17.0 Å². The van der Waals surface area contributed by atoms with Gasteiger partial charge < -0.3 is 19.6 Å². The minimum absolute atomic E-state index is 0.0443. The van der Waals surface area contributed by atoms with E-state index in [9.17, 15) is 14.3 Å². The maximum Gasteiger partial charge on any atom is 0.400 e. The van der Waals surface area contributed by atoms with Gasteiger partial charge in [-0.1, -0.05) is 6.07 Å². The Morgan fingerprint density at radius 3 is 3.00 bits per heavy atom. The number of carbonyl (C=O) groups excluding carboxylic acids is 1. The van der Waals surface area contributed by atoms with Crippen molar-refractivity contribution < 1.29 is 23.4 Å². The number of aliphatic hydroxyl groups is 1. The number of halogens is 1. The van der Waals surface area contributed by atoms with Gasteiger partial charge in [-0.3, -0.25) is 4.79 Å². The molecule has 0 radical (unpaired) electrons. The molecule has 0 spiro atoms. The Morgan fingerprint density at radius 2 is 2.21 bits per heavy atom. The molecule has 0 aliphatic rings. The Hall–Kier alpha value is -2.93. The van der Waals surface area contributed by atoms with E-state index in [1.165, 1.54) is 24.3 Å². The number of fused-ring (bicyclic) bond motifs is 1. The maximum absolute atomic E-state index is 13.2. The number of aromatic nitrogens is 1. The van der Waals surface area contributed by atoms with Crippen LogP contribution in [0, 0.1) is 5.82 Å². The first-order chi connectivity index (χ1) is 11.5. The van der Waals surface area contributed by atoms with Crippen molar-refractivity contribution in [3.63, 3.8) is 0 Å². The number of rotatable bonds is 5. The van der Waals surface area contributed by atoms with Crippen molar-refractivity contribution in [2.24, 2.45) is 0 Å². The van der Waals surface area contributed by atoms with Gasteiger partial charge in [0, 0.05) is 18.2 Å². The van der Waals surface area contributed by atoms with Gasteiger partial charge >= 0.3 is 6.08 Å². The number of nitrogens with zero attached hydrogens (tertiary/aromatic N) is 1. The van der Waals surface area contributed by atoms with Crippen LogP contribution in [0.3, 0.4) is 0 Å². The monoisotopic (exact) mass is 330 g/mol. The highest BCUT2D eigenvalue weighted by molar-refractivity contribution is 5.94. The third-order valence-corrected chi connectivity index (χ3v) is 3.19. The summed E-state index contributed by atoms with van der Waals surface area (Å²) in [6.07, 6.45) is -0.675. The average Bonchev–Trinajstić information content (AvgIpc) is 2.94. The van der Waals surface area contributed by atoms with Crippen LogP contribution < -0.4 is 10.1 Å². The number of carbonyl (C=O) groups is 1. The fourth-order valence-corrected chi connectivity index (χ4v) is 2.07. The Kier molecular flexibility index (Phi) is 4.43. The number of hydrogen-bond acceptors (Lipinski definition) is 5. The average molecular weight is 330 g/mol. The largest absolute Gasteiger partial charge is 0.411 e. The van der Waals surface area contributed by atoms with Gasteiger partial charge in [0.1, 0.15) is 17.1 Å². The zero-order valence-electron chi connectivity index (χ0n) is 12.8. The molecular weight excluding hydrogens is 315 g/mol. The second-order valence-corrected chi connectivity index (χ2v) is 5.28. The minimum atomic E-state index is -0.631. The molecule has 24 heavy (non-hydrogen) atoms. The predicted molar refractivity (Wildman–Crippen MR) is 84.5 cm³/mol. The van der Waals surface area contributed by atoms with E-state index in [1.54, 1.807) is 25.1 Å². The molecule has 1 aromatic heterocycles. The number of oxazole rings is 1. The molecule has 0 saturated carbocycles. The fraction of sp³-hybridized carbons (Fsp3) is 0.176. The van der Waals surface area contributed by atoms with E-state index in [4.69, 9.17) is 9.15 Å². The van der Waals surface area contributed by atoms with Gasteiger partial charge in [0.05, 0.1) is 6.10 Å². The van der Waals surface area contributed by atoms with E-state index < -0.39 is 11.9 Å². The zero-order chi connectivity index (χ0) is 17.1. The molecule has 124 valence electrons. The van der Waals surface area contributed by atoms with Crippen LogP contribution in [-0.4, -0.2) is 28.6 Å². The van der Waals surface area contributed by atoms with E-state index in [2.05, 4.69) is 10.3 Å². The lowest BCUT2D eigenvalue weighted by Crippen LogP contribution is -2.30. The fourth-order valence-electron chi connectivity index (χ4n) is 2.07. The molecule has 0 saturated heterocycles. The van der Waals surface area contributed by atoms with E-state index in [0.29, 0.717) is 22.4 Å². The van der Waals surface area contributed by atoms with E-state index in [-0.39, 0.29) is 18.5 Å². The lowest BCUT2D eigenvalue weighted by Gasteiger charge is -2.08. The summed E-state index contributed by atoms with van der Waals surface area (Å²) in [5.41, 5.74) is 1.11. The van der Waals surface area contributed by atoms with Gasteiger partial charge in [-0.05, 0) is 37.3 Å². The number of ether oxygens (including phenoxy) is 1. The minimum Gasteiger partial charge on any atom is -0.411 e. The van der Waals surface area contributed by atoms with Crippen molar-refractivity contribution in [3.8, 4) is 11.8 Å². The third kappa shape index (κ3) is 3.69. The molecule has 0 aliphatic carbocycles. The molecular formula is C17H15FN2O4. The molecule has 0 fully saturated rings. The SMILES string of the molecule is CC(O)CNC(=O)c1cccc(Oc2nc3cc(F)ccc3o2)c1. The normalized spacial score (nSPS) is 12.1. The standard InChI is InChI=1S/C17H15FN2O4/c1-10(21)9-19-16(22)11-3-2-4-13(7-11)23-17-20-14-8-12(18)5-6-15(14)24-17/h2-8,10,21H,9H2,1H3,(H,19,22). The number of nitrogens with one attached hydrogen (secondary N) is 1. The lowest BCUT2D eigenvalue weighted by atomic mass is 10.2. The van der Waals surface area contributed by atoms with Crippen molar-refractivity contribution in [2.45, 2.75) is 13.0 Å². The molecule has 0 aliphatic heterocycles. The Labute approximate surface area is 136 Å². The molecule has 3 aromatic rings. The van der Waals surface area contributed by atoms with Crippen molar-refractivity contribution in [1.82, 2.24) is 10.3 Å². The summed E-state index contributed by atoms with van der Waals surface area (Å²) >= 11 is 0. The third-order valence-electron chi connectivity index (χ3n) is 3.19. The predicted octanol–water partition coefficient (Wildman–Crippen LogP) is 2.87. The summed E-state index contributed by atoms with van der Waals surface area (Å²) in [4.78, 5) is 16.0. The summed E-state index contributed by atoms with van der Waals surface area (Å²) in [6, 6.07) is 10.4. The van der Waals surface area contributed by atoms with Crippen LogP contribution in [0.1, 0.15) is 17.3 Å². The van der Waals surface area contributed by atoms with Crippen LogP contribution in [0.15, 0.2) is 46.9 Å². The van der Waals surface area contributed by atoms with Gasteiger partial charge in [-0.2, -0.15) is 4.98 Å². The van der Waals surface area contributed by atoms with Gasteiger partial charge in [0.2, 0.25) is 0 Å². The van der Waals surface area contributed by atoms with Crippen LogP contribution in [0.2, 0.25) is 0 Å². The Bertz CT molecular complexity index is 876. The van der Waals surface area contributed by atoms with Crippen LogP contribution in [0.4, 0.5) is 4.39 Å². The highest BCUT2D eigenvalue weighted by Gasteiger charge is 2.11. The Morgan fingerprint density at radius 1 is 1.38 bits per heavy atom. The highest BCUT2D eigenvalue weighted by Crippen LogP contribution is 2.26. The van der Waals surface area contributed by atoms with Gasteiger partial charge in [-0.25, -0.2) is 4.39 Å². The molecule has 2 N–H and O–H groups in total.